The van der Waals surface area contributed by atoms with Crippen molar-refractivity contribution in [1.29, 1.82) is 0 Å². The van der Waals surface area contributed by atoms with Crippen LogP contribution in [0.4, 0.5) is 0 Å². The fraction of sp³-hybridized carbons (Fsp3) is 0.632. The molecule has 24 heavy (non-hydrogen) atoms. The minimum atomic E-state index is 0.301. The molecule has 2 fully saturated rings. The van der Waals surface area contributed by atoms with Crippen LogP contribution in [0.3, 0.4) is 0 Å². The minimum absolute atomic E-state index is 0.301. The van der Waals surface area contributed by atoms with Crippen molar-refractivity contribution in [3.8, 4) is 0 Å². The number of hydrogen-bond acceptors (Lipinski definition) is 3. The number of nitrogens with zero attached hydrogens (tertiary/aromatic N) is 2. The van der Waals surface area contributed by atoms with Crippen molar-refractivity contribution in [1.82, 2.24) is 10.2 Å². The van der Waals surface area contributed by atoms with E-state index in [0.29, 0.717) is 18.0 Å². The summed E-state index contributed by atoms with van der Waals surface area (Å²) in [7, 11) is 0. The van der Waals surface area contributed by atoms with Crippen molar-refractivity contribution in [2.24, 2.45) is 16.6 Å². The molecule has 5 nitrogen and oxygen atoms in total. The molecule has 5 heteroatoms. The second kappa shape index (κ2) is 9.04. The van der Waals surface area contributed by atoms with Crippen LogP contribution in [0.5, 0.6) is 0 Å². The zero-order chi connectivity index (χ0) is 16.6. The summed E-state index contributed by atoms with van der Waals surface area (Å²) in [6.45, 7) is 5.80. The molecule has 0 saturated carbocycles. The zero-order valence-corrected chi connectivity index (χ0v) is 14.5. The first-order valence-electron chi connectivity index (χ1n) is 9.21. The average Bonchev–Trinajstić information content (AvgIpc) is 3.13. The third-order valence-corrected chi connectivity index (χ3v) is 4.91. The highest BCUT2D eigenvalue weighted by molar-refractivity contribution is 5.77. The largest absolute Gasteiger partial charge is 0.376 e. The summed E-state index contributed by atoms with van der Waals surface area (Å²) in [5.41, 5.74) is 7.39. The Hall–Kier alpha value is -1.59. The molecule has 2 aliphatic heterocycles. The molecule has 2 saturated heterocycles. The first-order valence-corrected chi connectivity index (χ1v) is 9.21. The molecule has 0 aliphatic carbocycles. The number of hydrogen-bond donors (Lipinski definition) is 2. The van der Waals surface area contributed by atoms with E-state index in [-0.39, 0.29) is 0 Å². The van der Waals surface area contributed by atoms with Gasteiger partial charge in [0.15, 0.2) is 5.96 Å². The van der Waals surface area contributed by atoms with Gasteiger partial charge in [0, 0.05) is 32.8 Å². The van der Waals surface area contributed by atoms with Crippen molar-refractivity contribution in [3.63, 3.8) is 0 Å². The molecule has 3 rings (SSSR count). The molecule has 3 N–H and O–H groups in total. The molecule has 2 heterocycles. The molecular weight excluding hydrogens is 300 g/mol. The van der Waals surface area contributed by atoms with Crippen molar-refractivity contribution >= 4 is 5.96 Å². The highest BCUT2D eigenvalue weighted by Crippen LogP contribution is 2.19. The van der Waals surface area contributed by atoms with Crippen LogP contribution in [0.25, 0.3) is 0 Å². The molecule has 0 spiro atoms. The molecule has 2 aliphatic rings. The quantitative estimate of drug-likeness (QED) is 0.618. The average molecular weight is 330 g/mol. The van der Waals surface area contributed by atoms with Gasteiger partial charge in [-0.1, -0.05) is 30.3 Å². The van der Waals surface area contributed by atoms with E-state index in [9.17, 15) is 0 Å². The Morgan fingerprint density at radius 3 is 2.92 bits per heavy atom. The normalized spacial score (nSPS) is 25.8. The summed E-state index contributed by atoms with van der Waals surface area (Å²) in [5.74, 6) is 1.16. The molecule has 1 aromatic carbocycles. The van der Waals surface area contributed by atoms with E-state index >= 15 is 0 Å². The predicted molar refractivity (Wildman–Crippen MR) is 97.9 cm³/mol. The summed E-state index contributed by atoms with van der Waals surface area (Å²) in [6, 6.07) is 10.7. The van der Waals surface area contributed by atoms with Crippen molar-refractivity contribution in [2.45, 2.75) is 38.3 Å². The van der Waals surface area contributed by atoms with Gasteiger partial charge in [0.05, 0.1) is 6.10 Å². The fourth-order valence-corrected chi connectivity index (χ4v) is 3.59. The van der Waals surface area contributed by atoms with E-state index in [1.165, 1.54) is 24.9 Å². The molecule has 0 bridgehead atoms. The van der Waals surface area contributed by atoms with Gasteiger partial charge in [0.25, 0.3) is 0 Å². The second-order valence-corrected chi connectivity index (χ2v) is 6.97. The number of nitrogens with two attached hydrogens (primary N) is 1. The van der Waals surface area contributed by atoms with Gasteiger partial charge >= 0.3 is 0 Å². The number of guanidine groups is 1. The molecule has 0 unspecified atom stereocenters. The fourth-order valence-electron chi connectivity index (χ4n) is 3.59. The lowest BCUT2D eigenvalue weighted by Crippen LogP contribution is -2.39. The van der Waals surface area contributed by atoms with Crippen LogP contribution >= 0.6 is 0 Å². The molecule has 132 valence electrons. The van der Waals surface area contributed by atoms with Crippen LogP contribution in [-0.2, 0) is 11.3 Å². The summed E-state index contributed by atoms with van der Waals surface area (Å²) >= 11 is 0. The zero-order valence-electron chi connectivity index (χ0n) is 14.5. The maximum atomic E-state index is 6.00. The van der Waals surface area contributed by atoms with E-state index in [1.54, 1.807) is 0 Å². The number of aliphatic imine (C=N–C) groups is 1. The second-order valence-electron chi connectivity index (χ2n) is 6.97. The lowest BCUT2D eigenvalue weighted by atomic mass is 9.98. The summed E-state index contributed by atoms with van der Waals surface area (Å²) < 4.78 is 5.59. The van der Waals surface area contributed by atoms with Crippen LogP contribution in [0.1, 0.15) is 31.2 Å². The monoisotopic (exact) mass is 330 g/mol. The van der Waals surface area contributed by atoms with E-state index in [0.717, 1.165) is 45.6 Å². The Morgan fingerprint density at radius 2 is 2.12 bits per heavy atom. The molecule has 2 atom stereocenters. The molecular formula is C19H30N4O. The Bertz CT molecular complexity index is 513. The molecule has 0 aromatic heterocycles. The van der Waals surface area contributed by atoms with Crippen molar-refractivity contribution < 1.29 is 4.74 Å². The maximum Gasteiger partial charge on any atom is 0.188 e. The Morgan fingerprint density at radius 1 is 1.25 bits per heavy atom. The number of nitrogens with one attached hydrogen (secondary N) is 1. The summed E-state index contributed by atoms with van der Waals surface area (Å²) in [6.07, 6.45) is 5.07. The van der Waals surface area contributed by atoms with Gasteiger partial charge in [-0.15, -0.1) is 0 Å². The number of ether oxygens (including phenoxy) is 1. The van der Waals surface area contributed by atoms with E-state index in [1.807, 2.05) is 0 Å². The van der Waals surface area contributed by atoms with Crippen molar-refractivity contribution in [2.75, 3.05) is 32.8 Å². The van der Waals surface area contributed by atoms with Crippen LogP contribution in [0.15, 0.2) is 35.3 Å². The van der Waals surface area contributed by atoms with E-state index in [4.69, 9.17) is 10.5 Å². The molecule has 1 aromatic rings. The number of likely N-dealkylation sites (tertiary alicyclic amines) is 1. The summed E-state index contributed by atoms with van der Waals surface area (Å²) in [5, 5.41) is 3.20. The number of benzene rings is 1. The van der Waals surface area contributed by atoms with Gasteiger partial charge in [-0.3, -0.25) is 9.89 Å². The Balaban J connectivity index is 1.40. The highest BCUT2D eigenvalue weighted by Gasteiger charge is 2.20. The Labute approximate surface area is 145 Å². The van der Waals surface area contributed by atoms with Gasteiger partial charge in [0.2, 0.25) is 0 Å². The molecule has 0 radical (unpaired) electrons. The lowest BCUT2D eigenvalue weighted by Gasteiger charge is -2.32. The van der Waals surface area contributed by atoms with Crippen LogP contribution in [0, 0.1) is 5.92 Å². The van der Waals surface area contributed by atoms with E-state index < -0.39 is 0 Å². The SMILES string of the molecule is NC(=NC[C@H]1CCCN(Cc2ccccc2)C1)NC[C@H]1CCCO1. The topological polar surface area (TPSA) is 62.9 Å². The van der Waals surface area contributed by atoms with E-state index in [2.05, 4.69) is 45.5 Å². The standard InChI is InChI=1S/C19H30N4O/c20-19(22-13-18-9-5-11-24-18)21-12-17-8-4-10-23(15-17)14-16-6-2-1-3-7-16/h1-3,6-7,17-18H,4-5,8-15H2,(H3,20,21,22)/t17-,18-/m1/s1. The minimum Gasteiger partial charge on any atom is -0.376 e. The third kappa shape index (κ3) is 5.49. The van der Waals surface area contributed by atoms with Gasteiger partial charge in [0.1, 0.15) is 0 Å². The van der Waals surface area contributed by atoms with Gasteiger partial charge in [-0.25, -0.2) is 0 Å². The van der Waals surface area contributed by atoms with Gasteiger partial charge < -0.3 is 15.8 Å². The highest BCUT2D eigenvalue weighted by atomic mass is 16.5. The first kappa shape index (κ1) is 17.2. The smallest absolute Gasteiger partial charge is 0.188 e. The number of rotatable bonds is 6. The number of piperidine rings is 1. The van der Waals surface area contributed by atoms with Crippen molar-refractivity contribution in [3.05, 3.63) is 35.9 Å². The molecule has 0 amide bonds. The lowest BCUT2D eigenvalue weighted by molar-refractivity contribution is 0.114. The van der Waals surface area contributed by atoms with Crippen LogP contribution in [0.2, 0.25) is 0 Å². The maximum absolute atomic E-state index is 6.00. The van der Waals surface area contributed by atoms with Crippen LogP contribution in [-0.4, -0.2) is 49.7 Å². The first-order chi connectivity index (χ1) is 11.8. The Kier molecular flexibility index (Phi) is 6.49. The van der Waals surface area contributed by atoms with Gasteiger partial charge in [-0.05, 0) is 43.7 Å². The summed E-state index contributed by atoms with van der Waals surface area (Å²) in [4.78, 5) is 7.09. The van der Waals surface area contributed by atoms with Crippen LogP contribution < -0.4 is 11.1 Å². The van der Waals surface area contributed by atoms with Gasteiger partial charge in [-0.2, -0.15) is 0 Å². The third-order valence-electron chi connectivity index (χ3n) is 4.91. The predicted octanol–water partition coefficient (Wildman–Crippen LogP) is 1.98.